The topological polar surface area (TPSA) is 137 Å². The van der Waals surface area contributed by atoms with E-state index < -0.39 is 23.8 Å². The van der Waals surface area contributed by atoms with Gasteiger partial charge in [-0.25, -0.2) is 4.79 Å². The lowest BCUT2D eigenvalue weighted by atomic mass is 10.0. The SMILES string of the molecule is C=CCC(CNC(=O)[C@H](CC(C)C)NC(=O)Cc1ccc(NC(=O)Nc2ccccc2C)cc1)C(=O)O. The number of hydrogen-bond acceptors (Lipinski definition) is 4. The van der Waals surface area contributed by atoms with Crippen LogP contribution in [-0.2, 0) is 20.8 Å². The number of para-hydroxylation sites is 1. The van der Waals surface area contributed by atoms with Gasteiger partial charge in [0.15, 0.2) is 0 Å². The Kier molecular flexibility index (Phi) is 11.3. The molecule has 4 amide bonds. The molecular weight excluding hydrogens is 472 g/mol. The van der Waals surface area contributed by atoms with Crippen molar-refractivity contribution in [1.82, 2.24) is 10.6 Å². The van der Waals surface area contributed by atoms with Crippen LogP contribution < -0.4 is 21.3 Å². The van der Waals surface area contributed by atoms with Crippen molar-refractivity contribution in [3.05, 3.63) is 72.3 Å². The fourth-order valence-electron chi connectivity index (χ4n) is 3.66. The predicted molar refractivity (Wildman–Crippen MR) is 144 cm³/mol. The summed E-state index contributed by atoms with van der Waals surface area (Å²) in [6.07, 6.45) is 2.19. The molecule has 2 atom stereocenters. The monoisotopic (exact) mass is 508 g/mol. The number of allylic oxidation sites excluding steroid dienone is 1. The molecule has 0 aliphatic rings. The van der Waals surface area contributed by atoms with E-state index in [4.69, 9.17) is 0 Å². The number of amides is 4. The summed E-state index contributed by atoms with van der Waals surface area (Å²) in [5.74, 6) is -2.41. The van der Waals surface area contributed by atoms with Crippen LogP contribution in [0.5, 0.6) is 0 Å². The predicted octanol–water partition coefficient (Wildman–Crippen LogP) is 4.11. The molecule has 0 aliphatic carbocycles. The summed E-state index contributed by atoms with van der Waals surface area (Å²) in [7, 11) is 0. The Morgan fingerprint density at radius 3 is 2.27 bits per heavy atom. The van der Waals surface area contributed by atoms with Gasteiger partial charge in [-0.3, -0.25) is 14.4 Å². The number of urea groups is 1. The van der Waals surface area contributed by atoms with Gasteiger partial charge in [0, 0.05) is 17.9 Å². The molecule has 5 N–H and O–H groups in total. The van der Waals surface area contributed by atoms with Gasteiger partial charge >= 0.3 is 12.0 Å². The molecule has 0 bridgehead atoms. The molecule has 2 aromatic rings. The molecule has 198 valence electrons. The summed E-state index contributed by atoms with van der Waals surface area (Å²) < 4.78 is 0. The maximum absolute atomic E-state index is 12.7. The highest BCUT2D eigenvalue weighted by Gasteiger charge is 2.24. The Labute approximate surface area is 217 Å². The van der Waals surface area contributed by atoms with Crippen LogP contribution in [0.2, 0.25) is 0 Å². The summed E-state index contributed by atoms with van der Waals surface area (Å²) >= 11 is 0. The van der Waals surface area contributed by atoms with Gasteiger partial charge in [-0.2, -0.15) is 0 Å². The smallest absolute Gasteiger partial charge is 0.323 e. The zero-order valence-corrected chi connectivity index (χ0v) is 21.5. The average molecular weight is 509 g/mol. The lowest BCUT2D eigenvalue weighted by molar-refractivity contribution is -0.141. The first-order chi connectivity index (χ1) is 17.6. The highest BCUT2D eigenvalue weighted by atomic mass is 16.4. The molecule has 9 heteroatoms. The average Bonchev–Trinajstić information content (AvgIpc) is 2.83. The number of nitrogens with one attached hydrogen (secondary N) is 4. The maximum atomic E-state index is 12.7. The van der Waals surface area contributed by atoms with E-state index in [9.17, 15) is 24.3 Å². The first-order valence-corrected chi connectivity index (χ1v) is 12.2. The van der Waals surface area contributed by atoms with Gasteiger partial charge in [0.2, 0.25) is 11.8 Å². The van der Waals surface area contributed by atoms with Crippen LogP contribution in [-0.4, -0.2) is 41.5 Å². The van der Waals surface area contributed by atoms with Crippen molar-refractivity contribution in [2.24, 2.45) is 11.8 Å². The lowest BCUT2D eigenvalue weighted by Gasteiger charge is -2.21. The third-order valence-corrected chi connectivity index (χ3v) is 5.65. The summed E-state index contributed by atoms with van der Waals surface area (Å²) in [6, 6.07) is 13.2. The number of anilines is 2. The second-order valence-electron chi connectivity index (χ2n) is 9.32. The molecular formula is C28H36N4O5. The normalized spacial score (nSPS) is 12.2. The molecule has 0 saturated carbocycles. The second kappa shape index (κ2) is 14.4. The minimum absolute atomic E-state index is 0.0451. The third-order valence-electron chi connectivity index (χ3n) is 5.65. The van der Waals surface area contributed by atoms with Crippen molar-refractivity contribution in [2.75, 3.05) is 17.2 Å². The van der Waals surface area contributed by atoms with Gasteiger partial charge in [-0.05, 0) is 55.0 Å². The van der Waals surface area contributed by atoms with Crippen molar-refractivity contribution in [2.45, 2.75) is 46.1 Å². The molecule has 0 spiro atoms. The van der Waals surface area contributed by atoms with E-state index in [0.717, 1.165) is 5.56 Å². The van der Waals surface area contributed by atoms with Gasteiger partial charge in [-0.1, -0.05) is 50.3 Å². The Bertz CT molecular complexity index is 1100. The molecule has 1 unspecified atom stereocenters. The van der Waals surface area contributed by atoms with E-state index in [1.165, 1.54) is 6.08 Å². The molecule has 0 fully saturated rings. The van der Waals surface area contributed by atoms with Crippen molar-refractivity contribution < 1.29 is 24.3 Å². The molecule has 2 aromatic carbocycles. The highest BCUT2D eigenvalue weighted by molar-refractivity contribution is 6.00. The molecule has 37 heavy (non-hydrogen) atoms. The van der Waals surface area contributed by atoms with Crippen LogP contribution in [0, 0.1) is 18.8 Å². The van der Waals surface area contributed by atoms with Crippen LogP contribution >= 0.6 is 0 Å². The van der Waals surface area contributed by atoms with Crippen molar-refractivity contribution in [3.8, 4) is 0 Å². The molecule has 0 radical (unpaired) electrons. The van der Waals surface area contributed by atoms with Crippen molar-refractivity contribution >= 4 is 35.2 Å². The Balaban J connectivity index is 1.92. The van der Waals surface area contributed by atoms with Crippen LogP contribution in [0.15, 0.2) is 61.2 Å². The Morgan fingerprint density at radius 2 is 1.68 bits per heavy atom. The standard InChI is InChI=1S/C28H36N4O5/c1-5-8-21(27(35)36)17-29-26(34)24(15-18(2)3)31-25(33)16-20-11-13-22(14-12-20)30-28(37)32-23-10-7-6-9-19(23)4/h5-7,9-14,18,21,24H,1,8,15-17H2,2-4H3,(H,29,34)(H,31,33)(H,35,36)(H2,30,32,37)/t21?,24-/m0/s1. The summed E-state index contributed by atoms with van der Waals surface area (Å²) in [4.78, 5) is 49.0. The molecule has 0 heterocycles. The zero-order chi connectivity index (χ0) is 27.4. The first kappa shape index (κ1) is 29.1. The minimum Gasteiger partial charge on any atom is -0.481 e. The number of hydrogen-bond donors (Lipinski definition) is 5. The minimum atomic E-state index is -1.02. The quantitative estimate of drug-likeness (QED) is 0.259. The number of carbonyl (C=O) groups is 4. The van der Waals surface area contributed by atoms with E-state index in [1.807, 2.05) is 45.0 Å². The largest absolute Gasteiger partial charge is 0.481 e. The first-order valence-electron chi connectivity index (χ1n) is 12.2. The van der Waals surface area contributed by atoms with E-state index >= 15 is 0 Å². The molecule has 0 aliphatic heterocycles. The van der Waals surface area contributed by atoms with Crippen molar-refractivity contribution in [3.63, 3.8) is 0 Å². The van der Waals surface area contributed by atoms with E-state index in [0.29, 0.717) is 23.4 Å². The van der Waals surface area contributed by atoms with Gasteiger partial charge < -0.3 is 26.4 Å². The number of aryl methyl sites for hydroxylation is 1. The van der Waals surface area contributed by atoms with Gasteiger partial charge in [0.1, 0.15) is 6.04 Å². The number of carboxylic acids is 1. The molecule has 0 aromatic heterocycles. The van der Waals surface area contributed by atoms with E-state index in [-0.39, 0.29) is 37.2 Å². The summed E-state index contributed by atoms with van der Waals surface area (Å²) in [5, 5.41) is 20.2. The fourth-order valence-corrected chi connectivity index (χ4v) is 3.66. The maximum Gasteiger partial charge on any atom is 0.323 e. The Hall–Kier alpha value is -4.14. The van der Waals surface area contributed by atoms with Gasteiger partial charge in [0.25, 0.3) is 0 Å². The molecule has 9 nitrogen and oxygen atoms in total. The van der Waals surface area contributed by atoms with E-state index in [1.54, 1.807) is 24.3 Å². The second-order valence-corrected chi connectivity index (χ2v) is 9.32. The summed E-state index contributed by atoms with van der Waals surface area (Å²) in [6.45, 7) is 9.28. The van der Waals surface area contributed by atoms with Crippen LogP contribution in [0.3, 0.4) is 0 Å². The molecule has 2 rings (SSSR count). The number of carboxylic acid groups (broad SMARTS) is 1. The fraction of sp³-hybridized carbons (Fsp3) is 0.357. The van der Waals surface area contributed by atoms with Crippen LogP contribution in [0.4, 0.5) is 16.2 Å². The van der Waals surface area contributed by atoms with Crippen molar-refractivity contribution in [1.29, 1.82) is 0 Å². The Morgan fingerprint density at radius 1 is 1.00 bits per heavy atom. The molecule has 0 saturated heterocycles. The number of aliphatic carboxylic acids is 1. The highest BCUT2D eigenvalue weighted by Crippen LogP contribution is 2.15. The summed E-state index contributed by atoms with van der Waals surface area (Å²) in [5.41, 5.74) is 2.94. The zero-order valence-electron chi connectivity index (χ0n) is 21.5. The number of rotatable bonds is 13. The number of carbonyl (C=O) groups excluding carboxylic acids is 3. The number of benzene rings is 2. The van der Waals surface area contributed by atoms with Gasteiger partial charge in [0.05, 0.1) is 12.3 Å². The van der Waals surface area contributed by atoms with Crippen LogP contribution in [0.25, 0.3) is 0 Å². The third kappa shape index (κ3) is 10.2. The van der Waals surface area contributed by atoms with Crippen LogP contribution in [0.1, 0.15) is 37.8 Å². The lowest BCUT2D eigenvalue weighted by Crippen LogP contribution is -2.49. The van der Waals surface area contributed by atoms with E-state index in [2.05, 4.69) is 27.8 Å². The van der Waals surface area contributed by atoms with Gasteiger partial charge in [-0.15, -0.1) is 6.58 Å².